The fourth-order valence-electron chi connectivity index (χ4n) is 4.64. The number of nitrogens with zero attached hydrogens (tertiary/aromatic N) is 5. The molecule has 0 aliphatic carbocycles. The average Bonchev–Trinajstić information content (AvgIpc) is 3.20. The van der Waals surface area contributed by atoms with Gasteiger partial charge in [-0.25, -0.2) is 4.39 Å². The van der Waals surface area contributed by atoms with Gasteiger partial charge >= 0.3 is 0 Å². The molecule has 3 aromatic rings. The van der Waals surface area contributed by atoms with Crippen LogP contribution in [0, 0.1) is 6.92 Å². The molecule has 2 aliphatic rings. The second-order valence-corrected chi connectivity index (χ2v) is 8.47. The van der Waals surface area contributed by atoms with E-state index in [4.69, 9.17) is 0 Å². The summed E-state index contributed by atoms with van der Waals surface area (Å²) in [5, 5.41) is 30.8. The molecule has 0 saturated carbocycles. The first-order valence-corrected chi connectivity index (χ1v) is 10.6. The van der Waals surface area contributed by atoms with E-state index >= 15 is 0 Å². The minimum atomic E-state index is -0.924. The molecule has 160 valence electrons. The third kappa shape index (κ3) is 3.72. The van der Waals surface area contributed by atoms with E-state index in [0.717, 1.165) is 30.5 Å². The number of rotatable bonds is 4. The number of phenols is 1. The first-order chi connectivity index (χ1) is 15.0. The lowest BCUT2D eigenvalue weighted by Gasteiger charge is -2.38. The fourth-order valence-corrected chi connectivity index (χ4v) is 4.64. The SMILES string of the molecule is Cc1ccc(-c2ccc(-c3ccc(N(C)[C@H]4CC5CCC(N5)[C@H]4F)nn3)c(O)c2)nn1. The van der Waals surface area contributed by atoms with Crippen LogP contribution in [-0.4, -0.2) is 56.8 Å². The maximum Gasteiger partial charge on any atom is 0.151 e. The number of aromatic nitrogens is 4. The van der Waals surface area contributed by atoms with Gasteiger partial charge in [-0.05, 0) is 62.6 Å². The highest BCUT2D eigenvalue weighted by Crippen LogP contribution is 2.34. The number of alkyl halides is 1. The summed E-state index contributed by atoms with van der Waals surface area (Å²) in [4.78, 5) is 1.90. The van der Waals surface area contributed by atoms with Gasteiger partial charge in [0.05, 0.1) is 23.1 Å². The van der Waals surface area contributed by atoms with Crippen molar-refractivity contribution >= 4 is 5.82 Å². The number of hydrogen-bond acceptors (Lipinski definition) is 7. The molecule has 2 N–H and O–H groups in total. The lowest BCUT2D eigenvalue weighted by atomic mass is 9.96. The minimum Gasteiger partial charge on any atom is -0.507 e. The zero-order valence-corrected chi connectivity index (χ0v) is 17.5. The van der Waals surface area contributed by atoms with Gasteiger partial charge in [0.2, 0.25) is 0 Å². The Morgan fingerprint density at radius 2 is 1.81 bits per heavy atom. The van der Waals surface area contributed by atoms with Gasteiger partial charge in [-0.15, -0.1) is 10.2 Å². The average molecular weight is 420 g/mol. The highest BCUT2D eigenvalue weighted by molar-refractivity contribution is 5.73. The summed E-state index contributed by atoms with van der Waals surface area (Å²) in [6.07, 6.45) is 1.77. The summed E-state index contributed by atoms with van der Waals surface area (Å²) in [6.45, 7) is 1.88. The van der Waals surface area contributed by atoms with E-state index in [1.807, 2.05) is 49.2 Å². The monoisotopic (exact) mass is 420 g/mol. The number of benzene rings is 1. The van der Waals surface area contributed by atoms with E-state index in [0.29, 0.717) is 28.8 Å². The van der Waals surface area contributed by atoms with Gasteiger partial charge < -0.3 is 15.3 Å². The van der Waals surface area contributed by atoms with Crippen LogP contribution in [0.1, 0.15) is 25.0 Å². The van der Waals surface area contributed by atoms with Crippen molar-refractivity contribution in [3.63, 3.8) is 0 Å². The quantitative estimate of drug-likeness (QED) is 0.670. The summed E-state index contributed by atoms with van der Waals surface area (Å²) >= 11 is 0. The Hall–Kier alpha value is -3.13. The molecule has 31 heavy (non-hydrogen) atoms. The maximum atomic E-state index is 14.9. The molecule has 2 aliphatic heterocycles. The Morgan fingerprint density at radius 3 is 2.52 bits per heavy atom. The second kappa shape index (κ2) is 7.85. The van der Waals surface area contributed by atoms with Gasteiger partial charge in [0, 0.05) is 30.3 Å². The molecule has 5 rings (SSSR count). The van der Waals surface area contributed by atoms with Gasteiger partial charge in [-0.2, -0.15) is 10.2 Å². The molecule has 4 heterocycles. The summed E-state index contributed by atoms with van der Waals surface area (Å²) in [7, 11) is 1.88. The van der Waals surface area contributed by atoms with Gasteiger partial charge in [0.1, 0.15) is 11.9 Å². The van der Waals surface area contributed by atoms with Crippen molar-refractivity contribution in [1.29, 1.82) is 0 Å². The molecule has 4 atom stereocenters. The lowest BCUT2D eigenvalue weighted by molar-refractivity contribution is 0.176. The minimum absolute atomic E-state index is 0.0629. The Bertz CT molecular complexity index is 1070. The molecule has 2 bridgehead atoms. The zero-order chi connectivity index (χ0) is 21.5. The maximum absolute atomic E-state index is 14.9. The summed E-state index contributed by atoms with van der Waals surface area (Å²) in [5.41, 5.74) is 3.42. The number of piperidine rings is 1. The number of nitrogens with one attached hydrogen (secondary N) is 1. The Labute approximate surface area is 180 Å². The summed E-state index contributed by atoms with van der Waals surface area (Å²) in [6, 6.07) is 12.8. The fraction of sp³-hybridized carbons (Fsp3) is 0.391. The molecule has 0 amide bonds. The van der Waals surface area contributed by atoms with Gasteiger partial charge in [-0.1, -0.05) is 6.07 Å². The number of aryl methyl sites for hydroxylation is 1. The van der Waals surface area contributed by atoms with Crippen LogP contribution >= 0.6 is 0 Å². The van der Waals surface area contributed by atoms with Gasteiger partial charge in [0.25, 0.3) is 0 Å². The van der Waals surface area contributed by atoms with Crippen LogP contribution in [0.4, 0.5) is 10.2 Å². The Kier molecular flexibility index (Phi) is 5.02. The van der Waals surface area contributed by atoms with Crippen molar-refractivity contribution < 1.29 is 9.50 Å². The molecule has 0 spiro atoms. The van der Waals surface area contributed by atoms with Crippen LogP contribution in [0.5, 0.6) is 5.75 Å². The van der Waals surface area contributed by atoms with Crippen molar-refractivity contribution in [1.82, 2.24) is 25.7 Å². The van der Waals surface area contributed by atoms with Crippen molar-refractivity contribution in [2.45, 2.75) is 50.5 Å². The van der Waals surface area contributed by atoms with Crippen LogP contribution in [-0.2, 0) is 0 Å². The number of hydrogen-bond donors (Lipinski definition) is 2. The smallest absolute Gasteiger partial charge is 0.151 e. The van der Waals surface area contributed by atoms with E-state index in [1.54, 1.807) is 12.1 Å². The number of halogens is 1. The molecular weight excluding hydrogens is 395 g/mol. The zero-order valence-electron chi connectivity index (χ0n) is 17.5. The van der Waals surface area contributed by atoms with Crippen molar-refractivity contribution in [2.24, 2.45) is 0 Å². The predicted molar refractivity (Wildman–Crippen MR) is 117 cm³/mol. The van der Waals surface area contributed by atoms with Crippen molar-refractivity contribution in [2.75, 3.05) is 11.9 Å². The van der Waals surface area contributed by atoms with Crippen molar-refractivity contribution in [3.8, 4) is 28.3 Å². The van der Waals surface area contributed by atoms with Gasteiger partial charge in [0.15, 0.2) is 5.82 Å². The van der Waals surface area contributed by atoms with Crippen LogP contribution in [0.3, 0.4) is 0 Å². The van der Waals surface area contributed by atoms with E-state index in [1.165, 1.54) is 0 Å². The molecule has 7 nitrogen and oxygen atoms in total. The largest absolute Gasteiger partial charge is 0.507 e. The summed E-state index contributed by atoms with van der Waals surface area (Å²) < 4.78 is 14.9. The number of phenolic OH excluding ortho intramolecular Hbond substituents is 1. The first-order valence-electron chi connectivity index (χ1n) is 10.6. The first kappa shape index (κ1) is 19.8. The van der Waals surface area contributed by atoms with E-state index in [2.05, 4.69) is 25.7 Å². The van der Waals surface area contributed by atoms with E-state index in [-0.39, 0.29) is 17.8 Å². The number of anilines is 1. The van der Waals surface area contributed by atoms with Crippen LogP contribution in [0.15, 0.2) is 42.5 Å². The molecule has 2 unspecified atom stereocenters. The highest BCUT2D eigenvalue weighted by atomic mass is 19.1. The molecule has 1 aromatic carbocycles. The normalized spacial score (nSPS) is 24.9. The number of aromatic hydroxyl groups is 1. The van der Waals surface area contributed by atoms with Crippen LogP contribution < -0.4 is 10.2 Å². The van der Waals surface area contributed by atoms with Crippen LogP contribution in [0.25, 0.3) is 22.5 Å². The Balaban J connectivity index is 1.35. The summed E-state index contributed by atoms with van der Waals surface area (Å²) in [5.74, 6) is 0.720. The van der Waals surface area contributed by atoms with Crippen molar-refractivity contribution in [3.05, 3.63) is 48.2 Å². The third-order valence-corrected chi connectivity index (χ3v) is 6.43. The molecule has 2 fully saturated rings. The standard InChI is InChI=1S/C23H25FN6O/c1-13-3-7-17(27-26-13)14-4-6-16(21(31)11-14)18-9-10-22(29-28-18)30(2)20-12-15-5-8-19(25-15)23(20)24/h3-4,6-7,9-11,15,19-20,23,25,31H,5,8,12H2,1-2H3/t15?,19?,20-,23+/m0/s1. The molecular formula is C23H25FN6O. The second-order valence-electron chi connectivity index (χ2n) is 8.47. The molecule has 2 aromatic heterocycles. The van der Waals surface area contributed by atoms with Crippen LogP contribution in [0.2, 0.25) is 0 Å². The van der Waals surface area contributed by atoms with Gasteiger partial charge in [-0.3, -0.25) is 0 Å². The number of fused-ring (bicyclic) bond motifs is 2. The Morgan fingerprint density at radius 1 is 1.00 bits per heavy atom. The predicted octanol–water partition coefficient (Wildman–Crippen LogP) is 3.28. The van der Waals surface area contributed by atoms with E-state index in [9.17, 15) is 9.50 Å². The van der Waals surface area contributed by atoms with E-state index < -0.39 is 6.17 Å². The molecule has 0 radical (unpaired) electrons. The molecule has 8 heteroatoms. The highest BCUT2D eigenvalue weighted by Gasteiger charge is 2.43. The topological polar surface area (TPSA) is 87.1 Å². The molecule has 2 saturated heterocycles. The third-order valence-electron chi connectivity index (χ3n) is 6.43. The lowest BCUT2D eigenvalue weighted by Crippen LogP contribution is -2.55.